The van der Waals surface area contributed by atoms with Gasteiger partial charge in [-0.3, -0.25) is 4.21 Å². The first-order chi connectivity index (χ1) is 20.2. The summed E-state index contributed by atoms with van der Waals surface area (Å²) in [5, 5.41) is 4.19. The van der Waals surface area contributed by atoms with E-state index in [2.05, 4.69) is 116 Å². The Bertz CT molecular complexity index is 1000. The number of rotatable bonds is 14. The molecule has 0 saturated heterocycles. The summed E-state index contributed by atoms with van der Waals surface area (Å²) < 4.78 is 18.1. The third-order valence-electron chi connectivity index (χ3n) is 6.26. The maximum atomic E-state index is 10.6. The predicted octanol–water partition coefficient (Wildman–Crippen LogP) is 8.84. The van der Waals surface area contributed by atoms with Crippen molar-refractivity contribution in [1.29, 1.82) is 0 Å². The summed E-state index contributed by atoms with van der Waals surface area (Å²) in [7, 11) is -1.44. The minimum atomic E-state index is -0.995. The second-order valence-corrected chi connectivity index (χ2v) is 13.8. The topological polar surface area (TPSA) is 37.0 Å². The van der Waals surface area contributed by atoms with Crippen molar-refractivity contribution in [2.24, 2.45) is 0 Å². The van der Waals surface area contributed by atoms with Gasteiger partial charge in [-0.25, -0.2) is 0 Å². The van der Waals surface area contributed by atoms with E-state index in [0.717, 1.165) is 6.42 Å². The monoisotopic (exact) mass is 706 g/mol. The molecule has 1 aliphatic carbocycles. The van der Waals surface area contributed by atoms with Gasteiger partial charge >= 0.3 is 30.8 Å². The molecule has 6 heteroatoms. The molecule has 1 aliphatic rings. The second kappa shape index (κ2) is 29.5. The Kier molecular flexibility index (Phi) is 28.4. The molecule has 1 atom stereocenters. The molecule has 0 saturated carbocycles. The molecule has 4 rings (SSSR count). The summed E-state index contributed by atoms with van der Waals surface area (Å²) in [5.74, 6) is 0.714. The summed E-state index contributed by atoms with van der Waals surface area (Å²) in [6.45, 7) is 6.75. The van der Waals surface area contributed by atoms with Crippen molar-refractivity contribution in [1.82, 2.24) is 0 Å². The number of hydrogen-bond donors (Lipinski definition) is 0. The van der Waals surface area contributed by atoms with Gasteiger partial charge in [-0.2, -0.15) is 0 Å². The van der Waals surface area contributed by atoms with Gasteiger partial charge in [-0.05, 0) is 36.0 Å². The fourth-order valence-corrected chi connectivity index (χ4v) is 7.31. The van der Waals surface area contributed by atoms with Crippen LogP contribution in [0, 0.1) is 13.1 Å². The minimum Gasteiger partial charge on any atom is -0.0767 e. The van der Waals surface area contributed by atoms with Crippen molar-refractivity contribution in [3.8, 4) is 0 Å². The number of unbranched alkanes of at least 4 members (excludes halogenated alkanes) is 9. The molecule has 0 aliphatic heterocycles. The Labute approximate surface area is 277 Å². The van der Waals surface area contributed by atoms with Gasteiger partial charge in [0.15, 0.2) is 0 Å². The molecule has 42 heavy (non-hydrogen) atoms. The first kappa shape index (κ1) is 40.4. The Morgan fingerprint density at radius 3 is 1.21 bits per heavy atom. The van der Waals surface area contributed by atoms with E-state index >= 15 is 0 Å². The van der Waals surface area contributed by atoms with Gasteiger partial charge in [0.25, 0.3) is 0 Å². The smallest absolute Gasteiger partial charge is 0.0767 e. The first-order valence-corrected chi connectivity index (χ1v) is 18.2. The van der Waals surface area contributed by atoms with Crippen molar-refractivity contribution in [3.63, 3.8) is 0 Å². The molecule has 1 unspecified atom stereocenters. The molecule has 3 aromatic rings. The molecular weight excluding hydrogens is 661 g/mol. The molecule has 0 spiro atoms. The van der Waals surface area contributed by atoms with E-state index in [9.17, 15) is 4.21 Å². The zero-order valence-electron chi connectivity index (χ0n) is 24.8. The summed E-state index contributed by atoms with van der Waals surface area (Å²) in [6, 6.07) is 32.3. The van der Waals surface area contributed by atoms with Crippen molar-refractivity contribution in [2.45, 2.75) is 71.1 Å². The van der Waals surface area contributed by atoms with Crippen LogP contribution in [0.4, 0.5) is 0 Å². The van der Waals surface area contributed by atoms with Gasteiger partial charge in [0, 0.05) is 6.42 Å². The zero-order valence-corrected chi connectivity index (χ0v) is 29.0. The average Bonchev–Trinajstić information content (AvgIpc) is 3.62. The molecule has 226 valence electrons. The van der Waals surface area contributed by atoms with Crippen LogP contribution >= 0.6 is 7.92 Å². The molecule has 0 aromatic heterocycles. The van der Waals surface area contributed by atoms with E-state index in [4.69, 9.17) is 4.65 Å². The standard InChI is InChI=1S/C18H15P.C12H26OS2.C5H5.CO.Ru/c1-4-10-16(11-5-1)19(17-12-6-2-7-13-17)18-14-8-3-9-15-18;1-2-3-4-5-6-7-8-9-10-11-12-15(13)14;1-2-4-5-3-1;1-2;/h1-15H;2-12H2,1H3,(H,13,14);1-5H;;/q;;;;+1/p-1. The van der Waals surface area contributed by atoms with Crippen LogP contribution < -0.4 is 15.9 Å². The molecular formula is C36H45O2PRuS2. The van der Waals surface area contributed by atoms with E-state index in [1.807, 2.05) is 30.7 Å². The SMILES string of the molecule is CCCCCCCCCCCCS(=O)[S-].[C-]#[O+].[CH]1C=CC=C1.[Ru+].c1ccc(P(c2ccccc2)c2ccccc2)cc1. The molecule has 2 nitrogen and oxygen atoms in total. The quantitative estimate of drug-likeness (QED) is 0.0320. The van der Waals surface area contributed by atoms with Crippen LogP contribution in [0.1, 0.15) is 71.1 Å². The van der Waals surface area contributed by atoms with Crippen LogP contribution in [-0.2, 0) is 45.6 Å². The third-order valence-corrected chi connectivity index (χ3v) is 9.83. The zero-order chi connectivity index (χ0) is 29.8. The number of benzene rings is 3. The molecule has 0 N–H and O–H groups in total. The summed E-state index contributed by atoms with van der Waals surface area (Å²) in [6.07, 6.45) is 23.2. The summed E-state index contributed by atoms with van der Waals surface area (Å²) in [5.41, 5.74) is 0. The largest absolute Gasteiger partial charge is 1.00 e. The molecule has 3 aromatic carbocycles. The normalized spacial score (nSPS) is 11.5. The van der Waals surface area contributed by atoms with Crippen LogP contribution in [0.25, 0.3) is 0 Å². The Morgan fingerprint density at radius 1 is 0.595 bits per heavy atom. The molecule has 0 bridgehead atoms. The number of allylic oxidation sites excluding steroid dienone is 4. The maximum absolute atomic E-state index is 10.6. The van der Waals surface area contributed by atoms with Gasteiger partial charge in [0.1, 0.15) is 0 Å². The van der Waals surface area contributed by atoms with Crippen LogP contribution in [-0.4, -0.2) is 9.96 Å². The van der Waals surface area contributed by atoms with Crippen LogP contribution in [0.2, 0.25) is 0 Å². The van der Waals surface area contributed by atoms with Crippen molar-refractivity contribution >= 4 is 45.3 Å². The maximum Gasteiger partial charge on any atom is 1.00 e. The third kappa shape index (κ3) is 20.4. The molecule has 2 radical (unpaired) electrons. The average molecular weight is 706 g/mol. The second-order valence-electron chi connectivity index (χ2n) is 9.49. The Balaban J connectivity index is 0.000000653. The minimum absolute atomic E-state index is 0. The van der Waals surface area contributed by atoms with Crippen LogP contribution in [0.5, 0.6) is 0 Å². The molecule has 0 heterocycles. The van der Waals surface area contributed by atoms with E-state index in [1.165, 1.54) is 73.7 Å². The van der Waals surface area contributed by atoms with E-state index in [-0.39, 0.29) is 19.5 Å². The number of hydrogen-bond acceptors (Lipinski definition) is 2. The predicted molar refractivity (Wildman–Crippen MR) is 184 cm³/mol. The molecule has 0 amide bonds. The van der Waals surface area contributed by atoms with E-state index in [0.29, 0.717) is 5.75 Å². The van der Waals surface area contributed by atoms with Gasteiger partial charge in [-0.15, -0.1) is 9.83 Å². The van der Waals surface area contributed by atoms with Crippen LogP contribution in [0.3, 0.4) is 0 Å². The van der Waals surface area contributed by atoms with Gasteiger partial charge in [0.2, 0.25) is 0 Å². The van der Waals surface area contributed by atoms with E-state index in [1.54, 1.807) is 0 Å². The van der Waals surface area contributed by atoms with Crippen LogP contribution in [0.15, 0.2) is 115 Å². The summed E-state index contributed by atoms with van der Waals surface area (Å²) >= 11 is 4.61. The fraction of sp³-hybridized carbons (Fsp3) is 0.333. The Hall–Kier alpha value is -1.57. The van der Waals surface area contributed by atoms with Crippen molar-refractivity contribution < 1.29 is 28.3 Å². The first-order valence-electron chi connectivity index (χ1n) is 14.6. The Morgan fingerprint density at radius 2 is 0.929 bits per heavy atom. The van der Waals surface area contributed by atoms with Crippen molar-refractivity contribution in [2.75, 3.05) is 5.75 Å². The van der Waals surface area contributed by atoms with Crippen molar-refractivity contribution in [3.05, 3.63) is 128 Å². The molecule has 0 fully saturated rings. The summed E-state index contributed by atoms with van der Waals surface area (Å²) in [4.78, 5) is 0. The van der Waals surface area contributed by atoms with Gasteiger partial charge in [-0.1, -0.05) is 180 Å². The van der Waals surface area contributed by atoms with Gasteiger partial charge < -0.3 is 11.7 Å². The fourth-order valence-electron chi connectivity index (χ4n) is 4.21. The van der Waals surface area contributed by atoms with Gasteiger partial charge in [0.05, 0.1) is 0 Å². The van der Waals surface area contributed by atoms with E-state index < -0.39 is 17.8 Å².